The second-order valence-corrected chi connectivity index (χ2v) is 5.03. The van der Waals surface area contributed by atoms with Gasteiger partial charge in [0.25, 0.3) is 5.91 Å². The van der Waals surface area contributed by atoms with Crippen LogP contribution in [-0.4, -0.2) is 47.4 Å². The normalized spacial score (nSPS) is 18.2. The summed E-state index contributed by atoms with van der Waals surface area (Å²) in [6.45, 7) is 0.785. The van der Waals surface area contributed by atoms with Gasteiger partial charge >= 0.3 is 5.97 Å². The molecule has 0 aromatic heterocycles. The van der Waals surface area contributed by atoms with Gasteiger partial charge in [-0.15, -0.1) is 0 Å². The van der Waals surface area contributed by atoms with E-state index in [0.717, 1.165) is 6.21 Å². The van der Waals surface area contributed by atoms with Crippen molar-refractivity contribution < 1.29 is 14.7 Å². The number of carbonyl (C=O) groups excluding carboxylic acids is 1. The van der Waals surface area contributed by atoms with Crippen LogP contribution in [0.25, 0.3) is 0 Å². The molecule has 0 bridgehead atoms. The predicted octanol–water partition coefficient (Wildman–Crippen LogP) is 1.67. The van der Waals surface area contributed by atoms with Crippen LogP contribution < -0.4 is 5.43 Å². The summed E-state index contributed by atoms with van der Waals surface area (Å²) in [5.41, 5.74) is 3.69. The van der Waals surface area contributed by atoms with Gasteiger partial charge in [0, 0.05) is 19.3 Å². The number of piperidine rings is 1. The fraction of sp³-hybridized carbons (Fsp3) is 0.333. The largest absolute Gasteiger partial charge is 0.481 e. The van der Waals surface area contributed by atoms with Gasteiger partial charge in [-0.25, -0.2) is 0 Å². The molecule has 7 heteroatoms. The Kier molecular flexibility index (Phi) is 5.24. The minimum Gasteiger partial charge on any atom is -0.481 e. The third-order valence-electron chi connectivity index (χ3n) is 3.55. The first kappa shape index (κ1) is 15.7. The highest BCUT2D eigenvalue weighted by molar-refractivity contribution is 6.14. The lowest BCUT2D eigenvalue weighted by Gasteiger charge is -2.31. The van der Waals surface area contributed by atoms with E-state index in [4.69, 9.17) is 10.5 Å². The molecule has 0 aliphatic carbocycles. The molecule has 0 spiro atoms. The summed E-state index contributed by atoms with van der Waals surface area (Å²) in [6, 6.07) is 6.91. The fourth-order valence-electron chi connectivity index (χ4n) is 2.44. The smallest absolute Gasteiger partial charge is 0.308 e. The molecule has 1 amide bonds. The van der Waals surface area contributed by atoms with E-state index in [1.165, 1.54) is 6.21 Å². The van der Waals surface area contributed by atoms with Crippen LogP contribution in [0.5, 0.6) is 0 Å². The predicted molar refractivity (Wildman–Crippen MR) is 83.6 cm³/mol. The molecule has 0 unspecified atom stereocenters. The summed E-state index contributed by atoms with van der Waals surface area (Å²) in [7, 11) is 0. The van der Waals surface area contributed by atoms with Gasteiger partial charge in [0.1, 0.15) is 0 Å². The van der Waals surface area contributed by atoms with Crippen molar-refractivity contribution in [2.45, 2.75) is 12.8 Å². The number of carboxylic acids is 1. The highest BCUT2D eigenvalue weighted by Gasteiger charge is 2.29. The van der Waals surface area contributed by atoms with Gasteiger partial charge in [-0.2, -0.15) is 5.10 Å². The molecule has 0 radical (unpaired) electrons. The van der Waals surface area contributed by atoms with E-state index in [9.17, 15) is 9.59 Å². The second-order valence-electron chi connectivity index (χ2n) is 5.03. The fourth-order valence-corrected chi connectivity index (χ4v) is 2.44. The summed E-state index contributed by atoms with van der Waals surface area (Å²) in [4.78, 5) is 25.3. The SMILES string of the molecule is N=C/C=N\Nc1ccccc1C(=O)N1CCC[C@@H](C(=O)O)C1. The van der Waals surface area contributed by atoms with Gasteiger partial charge in [0.15, 0.2) is 0 Å². The number of para-hydroxylation sites is 1. The molecule has 1 aliphatic heterocycles. The maximum atomic E-state index is 12.6. The van der Waals surface area contributed by atoms with E-state index in [0.29, 0.717) is 30.6 Å². The highest BCUT2D eigenvalue weighted by atomic mass is 16.4. The molecule has 0 saturated carbocycles. The molecule has 7 nitrogen and oxygen atoms in total. The van der Waals surface area contributed by atoms with Gasteiger partial charge in [-0.3, -0.25) is 15.0 Å². The molecule has 2 rings (SSSR count). The van der Waals surface area contributed by atoms with Crippen molar-refractivity contribution in [1.82, 2.24) is 4.90 Å². The van der Waals surface area contributed by atoms with Crippen LogP contribution in [0.3, 0.4) is 0 Å². The van der Waals surface area contributed by atoms with Crippen molar-refractivity contribution in [1.29, 1.82) is 5.41 Å². The number of nitrogens with one attached hydrogen (secondary N) is 2. The van der Waals surface area contributed by atoms with E-state index in [-0.39, 0.29) is 12.5 Å². The van der Waals surface area contributed by atoms with Gasteiger partial charge in [0.05, 0.1) is 23.4 Å². The Hall–Kier alpha value is -2.70. The summed E-state index contributed by atoms with van der Waals surface area (Å²) in [5.74, 6) is -1.58. The number of rotatable bonds is 5. The quantitative estimate of drug-likeness (QED) is 0.568. The molecule has 1 saturated heterocycles. The average molecular weight is 302 g/mol. The molecular weight excluding hydrogens is 284 g/mol. The van der Waals surface area contributed by atoms with Crippen molar-refractivity contribution in [2.75, 3.05) is 18.5 Å². The van der Waals surface area contributed by atoms with Crippen molar-refractivity contribution in [3.63, 3.8) is 0 Å². The maximum absolute atomic E-state index is 12.6. The van der Waals surface area contributed by atoms with E-state index in [2.05, 4.69) is 10.5 Å². The summed E-state index contributed by atoms with van der Waals surface area (Å²) >= 11 is 0. The number of hydrogen-bond donors (Lipinski definition) is 3. The first-order valence-electron chi connectivity index (χ1n) is 7.02. The van der Waals surface area contributed by atoms with E-state index in [1.807, 2.05) is 0 Å². The minimum absolute atomic E-state index is 0.209. The van der Waals surface area contributed by atoms with Crippen molar-refractivity contribution in [3.05, 3.63) is 29.8 Å². The van der Waals surface area contributed by atoms with Crippen molar-refractivity contribution in [2.24, 2.45) is 11.0 Å². The van der Waals surface area contributed by atoms with Gasteiger partial charge in [0.2, 0.25) is 0 Å². The van der Waals surface area contributed by atoms with Crippen LogP contribution in [0.15, 0.2) is 29.4 Å². The molecule has 1 fully saturated rings. The Morgan fingerprint density at radius 1 is 1.41 bits per heavy atom. The Labute approximate surface area is 128 Å². The minimum atomic E-state index is -0.862. The molecule has 3 N–H and O–H groups in total. The number of anilines is 1. The van der Waals surface area contributed by atoms with Crippen LogP contribution in [0.4, 0.5) is 5.69 Å². The monoisotopic (exact) mass is 302 g/mol. The molecule has 1 aromatic rings. The lowest BCUT2D eigenvalue weighted by Crippen LogP contribution is -2.42. The lowest BCUT2D eigenvalue weighted by atomic mass is 9.97. The maximum Gasteiger partial charge on any atom is 0.308 e. The Morgan fingerprint density at radius 3 is 2.91 bits per heavy atom. The average Bonchev–Trinajstić information content (AvgIpc) is 2.55. The van der Waals surface area contributed by atoms with Gasteiger partial charge in [-0.1, -0.05) is 12.1 Å². The molecule has 22 heavy (non-hydrogen) atoms. The van der Waals surface area contributed by atoms with Gasteiger partial charge < -0.3 is 15.4 Å². The number of hydrazone groups is 1. The lowest BCUT2D eigenvalue weighted by molar-refractivity contribution is -0.143. The van der Waals surface area contributed by atoms with E-state index in [1.54, 1.807) is 29.2 Å². The zero-order valence-electron chi connectivity index (χ0n) is 12.0. The standard InChI is InChI=1S/C15H18N4O3/c16-7-8-17-18-13-6-2-1-5-12(13)14(20)19-9-3-4-11(10-19)15(21)22/h1-2,5-8,11,16,18H,3-4,9-10H2,(H,21,22)/b16-7?,17-8-/t11-/m1/s1. The molecule has 1 atom stereocenters. The zero-order chi connectivity index (χ0) is 15.9. The van der Waals surface area contributed by atoms with E-state index < -0.39 is 11.9 Å². The molecular formula is C15H18N4O3. The van der Waals surface area contributed by atoms with Crippen LogP contribution >= 0.6 is 0 Å². The van der Waals surface area contributed by atoms with Crippen molar-refractivity contribution in [3.8, 4) is 0 Å². The highest BCUT2D eigenvalue weighted by Crippen LogP contribution is 2.22. The topological polar surface area (TPSA) is 106 Å². The molecule has 1 aliphatic rings. The third-order valence-corrected chi connectivity index (χ3v) is 3.55. The first-order valence-corrected chi connectivity index (χ1v) is 7.02. The van der Waals surface area contributed by atoms with Crippen LogP contribution in [0.2, 0.25) is 0 Å². The third kappa shape index (κ3) is 3.69. The number of benzene rings is 1. The van der Waals surface area contributed by atoms with Crippen LogP contribution in [0.1, 0.15) is 23.2 Å². The Morgan fingerprint density at radius 2 is 2.18 bits per heavy atom. The molecule has 1 aromatic carbocycles. The zero-order valence-corrected chi connectivity index (χ0v) is 12.0. The van der Waals surface area contributed by atoms with Crippen molar-refractivity contribution >= 4 is 30.0 Å². The summed E-state index contributed by atoms with van der Waals surface area (Å²) in [5, 5.41) is 19.8. The number of likely N-dealkylation sites (tertiary alicyclic amines) is 1. The number of carbonyl (C=O) groups is 2. The number of hydrogen-bond acceptors (Lipinski definition) is 5. The van der Waals surface area contributed by atoms with E-state index >= 15 is 0 Å². The number of nitrogens with zero attached hydrogens (tertiary/aromatic N) is 2. The second kappa shape index (κ2) is 7.35. The van der Waals surface area contributed by atoms with Crippen LogP contribution in [-0.2, 0) is 4.79 Å². The number of carboxylic acid groups (broad SMARTS) is 1. The Balaban J connectivity index is 2.16. The van der Waals surface area contributed by atoms with Gasteiger partial charge in [-0.05, 0) is 25.0 Å². The first-order chi connectivity index (χ1) is 10.6. The molecule has 1 heterocycles. The molecule has 116 valence electrons. The summed E-state index contributed by atoms with van der Waals surface area (Å²) < 4.78 is 0. The Bertz CT molecular complexity index is 600. The van der Waals surface area contributed by atoms with Crippen LogP contribution in [0, 0.1) is 11.3 Å². The number of aliphatic carboxylic acids is 1. The summed E-state index contributed by atoms with van der Waals surface area (Å²) in [6.07, 6.45) is 3.58. The number of amides is 1.